The summed E-state index contributed by atoms with van der Waals surface area (Å²) in [6, 6.07) is 0. The summed E-state index contributed by atoms with van der Waals surface area (Å²) < 4.78 is 0. The van der Waals surface area contributed by atoms with Crippen LogP contribution in [0, 0.1) is 52.3 Å². The zero-order chi connectivity index (χ0) is 21.9. The van der Waals surface area contributed by atoms with Crippen LogP contribution in [0.2, 0.25) is 0 Å². The molecule has 0 amide bonds. The molecule has 3 heteroatoms. The second-order valence-electron chi connectivity index (χ2n) is 13.0. The van der Waals surface area contributed by atoms with Crippen LogP contribution in [0.25, 0.3) is 0 Å². The summed E-state index contributed by atoms with van der Waals surface area (Å²) in [6.07, 6.45) is 11.8. The minimum Gasteiger partial charge on any atom is -0.388 e. The molecule has 4 aliphatic rings. The second-order valence-corrected chi connectivity index (χ2v) is 13.0. The van der Waals surface area contributed by atoms with E-state index in [-0.39, 0.29) is 5.41 Å². The first-order chi connectivity index (χ1) is 14.0. The molecule has 0 aromatic heterocycles. The van der Waals surface area contributed by atoms with E-state index in [1.165, 1.54) is 51.4 Å². The maximum atomic E-state index is 10.5. The molecular formula is C27H48O3. The van der Waals surface area contributed by atoms with Crippen LogP contribution in [0.3, 0.4) is 0 Å². The van der Waals surface area contributed by atoms with E-state index in [1.54, 1.807) is 0 Å². The lowest BCUT2D eigenvalue weighted by atomic mass is 9.44. The normalized spacial score (nSPS) is 48.7. The van der Waals surface area contributed by atoms with E-state index in [2.05, 4.69) is 34.6 Å². The Labute approximate surface area is 185 Å². The molecule has 30 heavy (non-hydrogen) atoms. The minimum atomic E-state index is -1.88. The Morgan fingerprint density at radius 3 is 2.23 bits per heavy atom. The van der Waals surface area contributed by atoms with Crippen LogP contribution in [0.5, 0.6) is 0 Å². The van der Waals surface area contributed by atoms with E-state index < -0.39 is 11.9 Å². The van der Waals surface area contributed by atoms with Gasteiger partial charge in [-0.1, -0.05) is 53.9 Å². The van der Waals surface area contributed by atoms with Crippen LogP contribution in [0.15, 0.2) is 0 Å². The van der Waals surface area contributed by atoms with Crippen LogP contribution in [-0.2, 0) is 0 Å². The molecule has 0 aromatic rings. The Morgan fingerprint density at radius 2 is 1.53 bits per heavy atom. The highest BCUT2D eigenvalue weighted by Gasteiger charge is 2.62. The van der Waals surface area contributed by atoms with Crippen molar-refractivity contribution in [3.63, 3.8) is 0 Å². The van der Waals surface area contributed by atoms with Gasteiger partial charge in [-0.05, 0) is 97.2 Å². The average molecular weight is 421 g/mol. The van der Waals surface area contributed by atoms with Gasteiger partial charge in [0.25, 0.3) is 0 Å². The Morgan fingerprint density at radius 1 is 0.833 bits per heavy atom. The number of aliphatic hydroxyl groups excluding tert-OH is 1. The van der Waals surface area contributed by atoms with Crippen molar-refractivity contribution in [3.05, 3.63) is 0 Å². The quantitative estimate of drug-likeness (QED) is 0.496. The summed E-state index contributed by atoms with van der Waals surface area (Å²) >= 11 is 0. The summed E-state index contributed by atoms with van der Waals surface area (Å²) in [4.78, 5) is 0. The summed E-state index contributed by atoms with van der Waals surface area (Å²) in [5.41, 5.74) is 0.562. The number of hydrogen-bond acceptors (Lipinski definition) is 3. The predicted molar refractivity (Wildman–Crippen MR) is 122 cm³/mol. The highest BCUT2D eigenvalue weighted by Crippen LogP contribution is 2.68. The molecule has 0 heterocycles. The first-order valence-corrected chi connectivity index (χ1v) is 13.1. The molecule has 3 nitrogen and oxygen atoms in total. The van der Waals surface area contributed by atoms with Gasteiger partial charge in [-0.3, -0.25) is 0 Å². The van der Waals surface area contributed by atoms with Crippen molar-refractivity contribution >= 4 is 0 Å². The van der Waals surface area contributed by atoms with Crippen LogP contribution >= 0.6 is 0 Å². The van der Waals surface area contributed by atoms with Gasteiger partial charge in [-0.25, -0.2) is 0 Å². The molecule has 174 valence electrons. The van der Waals surface area contributed by atoms with E-state index in [1.807, 2.05) is 0 Å². The van der Waals surface area contributed by atoms with Crippen LogP contribution in [0.4, 0.5) is 0 Å². The average Bonchev–Trinajstić information content (AvgIpc) is 3.00. The van der Waals surface area contributed by atoms with Gasteiger partial charge in [-0.15, -0.1) is 0 Å². The van der Waals surface area contributed by atoms with E-state index in [4.69, 9.17) is 0 Å². The number of hydrogen-bond donors (Lipinski definition) is 3. The molecule has 9 atom stereocenters. The first kappa shape index (κ1) is 23.1. The van der Waals surface area contributed by atoms with Crippen LogP contribution in [0.1, 0.15) is 105 Å². The first-order valence-electron chi connectivity index (χ1n) is 13.1. The van der Waals surface area contributed by atoms with Gasteiger partial charge in [0.15, 0.2) is 5.79 Å². The molecule has 0 aromatic carbocycles. The molecule has 3 N–H and O–H groups in total. The largest absolute Gasteiger partial charge is 0.388 e. The van der Waals surface area contributed by atoms with E-state index in [0.717, 1.165) is 36.0 Å². The fraction of sp³-hybridized carbons (Fsp3) is 1.00. The molecule has 4 fully saturated rings. The standard InChI is InChI=1S/C27H48O3/c1-17(2)7-6-8-18(3)21-11-12-22-20-10-9-19-15-27(29,30)24(28)16-26(19,5)23(20)13-14-25(21,22)4/h17-24,28-30H,6-16H2,1-5H3/t18-,19?,20+,21+,22+,23+,24?,25-,26+/m1/s1. The Hall–Kier alpha value is -0.120. The number of aliphatic hydroxyl groups is 3. The van der Waals surface area contributed by atoms with Gasteiger partial charge in [0.1, 0.15) is 6.10 Å². The fourth-order valence-corrected chi connectivity index (χ4v) is 9.29. The fourth-order valence-electron chi connectivity index (χ4n) is 9.29. The van der Waals surface area contributed by atoms with Gasteiger partial charge >= 0.3 is 0 Å². The molecule has 4 rings (SSSR count). The molecular weight excluding hydrogens is 372 g/mol. The van der Waals surface area contributed by atoms with Crippen molar-refractivity contribution in [1.82, 2.24) is 0 Å². The number of rotatable bonds is 5. The summed E-state index contributed by atoms with van der Waals surface area (Å²) in [6.45, 7) is 12.2. The monoisotopic (exact) mass is 420 g/mol. The Balaban J connectivity index is 1.48. The molecule has 4 saturated carbocycles. The maximum Gasteiger partial charge on any atom is 0.189 e. The SMILES string of the molecule is CC(C)CCC[C@@H](C)[C@@H]1CC[C@H]2[C@@H]3CCC4CC(O)(O)C(O)C[C@]4(C)[C@H]3CC[C@@]21C. The van der Waals surface area contributed by atoms with Crippen molar-refractivity contribution in [3.8, 4) is 0 Å². The zero-order valence-corrected chi connectivity index (χ0v) is 20.2. The van der Waals surface area contributed by atoms with Crippen molar-refractivity contribution in [2.75, 3.05) is 0 Å². The van der Waals surface area contributed by atoms with Crippen molar-refractivity contribution in [1.29, 1.82) is 0 Å². The second kappa shape index (κ2) is 8.03. The molecule has 0 saturated heterocycles. The van der Waals surface area contributed by atoms with Crippen molar-refractivity contribution in [2.45, 2.75) is 117 Å². The van der Waals surface area contributed by atoms with Gasteiger partial charge < -0.3 is 15.3 Å². The summed E-state index contributed by atoms with van der Waals surface area (Å²) in [7, 11) is 0. The van der Waals surface area contributed by atoms with E-state index >= 15 is 0 Å². The zero-order valence-electron chi connectivity index (χ0n) is 20.2. The lowest BCUT2D eigenvalue weighted by Gasteiger charge is -2.62. The summed E-state index contributed by atoms with van der Waals surface area (Å²) in [5.74, 6) is 3.24. The topological polar surface area (TPSA) is 60.7 Å². The van der Waals surface area contributed by atoms with Gasteiger partial charge in [0.05, 0.1) is 0 Å². The van der Waals surface area contributed by atoms with Gasteiger partial charge in [0, 0.05) is 6.42 Å². The van der Waals surface area contributed by atoms with E-state index in [0.29, 0.717) is 30.1 Å². The maximum absolute atomic E-state index is 10.5. The van der Waals surface area contributed by atoms with Gasteiger partial charge in [0.2, 0.25) is 0 Å². The third kappa shape index (κ3) is 3.69. The molecule has 0 radical (unpaired) electrons. The van der Waals surface area contributed by atoms with Gasteiger partial charge in [-0.2, -0.15) is 0 Å². The molecule has 2 unspecified atom stereocenters. The minimum absolute atomic E-state index is 0.0690. The van der Waals surface area contributed by atoms with Crippen molar-refractivity contribution in [2.24, 2.45) is 52.3 Å². The lowest BCUT2D eigenvalue weighted by Crippen LogP contribution is -2.60. The lowest BCUT2D eigenvalue weighted by molar-refractivity contribution is -0.284. The number of fused-ring (bicyclic) bond motifs is 5. The molecule has 0 aliphatic heterocycles. The Kier molecular flexibility index (Phi) is 6.17. The highest BCUT2D eigenvalue weighted by molar-refractivity contribution is 5.11. The molecule has 0 bridgehead atoms. The molecule has 4 aliphatic carbocycles. The third-order valence-electron chi connectivity index (χ3n) is 11.0. The predicted octanol–water partition coefficient (Wildman–Crippen LogP) is 5.76. The van der Waals surface area contributed by atoms with E-state index in [9.17, 15) is 15.3 Å². The Bertz CT molecular complexity index is 615. The highest BCUT2D eigenvalue weighted by atomic mass is 16.5. The molecule has 0 spiro atoms. The smallest absolute Gasteiger partial charge is 0.189 e. The summed E-state index contributed by atoms with van der Waals surface area (Å²) in [5, 5.41) is 31.1. The third-order valence-corrected chi connectivity index (χ3v) is 11.0. The van der Waals surface area contributed by atoms with Crippen LogP contribution < -0.4 is 0 Å². The van der Waals surface area contributed by atoms with Crippen LogP contribution in [-0.4, -0.2) is 27.2 Å². The van der Waals surface area contributed by atoms with Crippen molar-refractivity contribution < 1.29 is 15.3 Å².